The highest BCUT2D eigenvalue weighted by molar-refractivity contribution is 9.11. The van der Waals surface area contributed by atoms with Crippen molar-refractivity contribution in [1.29, 1.82) is 0 Å². The minimum Gasteiger partial charge on any atom is -0.135 e. The summed E-state index contributed by atoms with van der Waals surface area (Å²) in [5.74, 6) is 0. The van der Waals surface area contributed by atoms with Gasteiger partial charge in [0, 0.05) is 29.1 Å². The Hall–Kier alpha value is -1.16. The summed E-state index contributed by atoms with van der Waals surface area (Å²) in [6, 6.07) is 21.7. The Bertz CT molecular complexity index is 949. The summed E-state index contributed by atoms with van der Waals surface area (Å²) in [6.07, 6.45) is 0. The van der Waals surface area contributed by atoms with E-state index >= 15 is 0 Å². The van der Waals surface area contributed by atoms with Crippen LogP contribution in [0.5, 0.6) is 0 Å². The standard InChI is InChI=1S/C18H10Br2S/c19-13-7-12(8-14(20)10-13)11-5-6-18-16(9-11)15-3-1-2-4-17(15)21-18/h1-10H. The molecule has 0 amide bonds. The van der Waals surface area contributed by atoms with E-state index in [1.54, 1.807) is 0 Å². The van der Waals surface area contributed by atoms with Crippen LogP contribution in [-0.4, -0.2) is 0 Å². The molecule has 0 aliphatic heterocycles. The molecule has 0 spiro atoms. The lowest BCUT2D eigenvalue weighted by molar-refractivity contribution is 1.58. The minimum atomic E-state index is 1.09. The maximum absolute atomic E-state index is 3.56. The van der Waals surface area contributed by atoms with E-state index in [4.69, 9.17) is 0 Å². The Labute approximate surface area is 143 Å². The molecular weight excluding hydrogens is 408 g/mol. The average molecular weight is 418 g/mol. The fraction of sp³-hybridized carbons (Fsp3) is 0. The predicted molar refractivity (Wildman–Crippen MR) is 100 cm³/mol. The van der Waals surface area contributed by atoms with Gasteiger partial charge in [-0.1, -0.05) is 56.1 Å². The zero-order chi connectivity index (χ0) is 14.4. The van der Waals surface area contributed by atoms with Gasteiger partial charge in [0.25, 0.3) is 0 Å². The number of rotatable bonds is 1. The van der Waals surface area contributed by atoms with E-state index in [1.165, 1.54) is 31.3 Å². The molecule has 0 N–H and O–H groups in total. The predicted octanol–water partition coefficient (Wildman–Crippen LogP) is 7.25. The summed E-state index contributed by atoms with van der Waals surface area (Å²) in [7, 11) is 0. The van der Waals surface area contributed by atoms with Crippen LogP contribution in [0.2, 0.25) is 0 Å². The first-order valence-electron chi connectivity index (χ1n) is 6.58. The lowest BCUT2D eigenvalue weighted by Crippen LogP contribution is -1.79. The summed E-state index contributed by atoms with van der Waals surface area (Å²) in [5.41, 5.74) is 2.46. The Morgan fingerprint density at radius 3 is 2.14 bits per heavy atom. The van der Waals surface area contributed by atoms with Gasteiger partial charge in [0.05, 0.1) is 0 Å². The first-order valence-corrected chi connectivity index (χ1v) is 8.99. The normalized spacial score (nSPS) is 11.3. The molecule has 0 nitrogen and oxygen atoms in total. The summed E-state index contributed by atoms with van der Waals surface area (Å²) in [5, 5.41) is 2.68. The Morgan fingerprint density at radius 1 is 0.619 bits per heavy atom. The highest BCUT2D eigenvalue weighted by Gasteiger charge is 2.07. The molecule has 0 aliphatic rings. The van der Waals surface area contributed by atoms with Crippen molar-refractivity contribution in [3.8, 4) is 11.1 Å². The van der Waals surface area contributed by atoms with Gasteiger partial charge in [0.2, 0.25) is 0 Å². The van der Waals surface area contributed by atoms with Crippen molar-refractivity contribution >= 4 is 63.4 Å². The number of fused-ring (bicyclic) bond motifs is 3. The lowest BCUT2D eigenvalue weighted by Gasteiger charge is -2.04. The van der Waals surface area contributed by atoms with Gasteiger partial charge < -0.3 is 0 Å². The van der Waals surface area contributed by atoms with Gasteiger partial charge in [0.1, 0.15) is 0 Å². The molecule has 21 heavy (non-hydrogen) atoms. The van der Waals surface area contributed by atoms with Crippen molar-refractivity contribution in [1.82, 2.24) is 0 Å². The van der Waals surface area contributed by atoms with Gasteiger partial charge in [-0.2, -0.15) is 0 Å². The molecule has 3 heteroatoms. The van der Waals surface area contributed by atoms with Crippen molar-refractivity contribution in [2.45, 2.75) is 0 Å². The van der Waals surface area contributed by atoms with Crippen molar-refractivity contribution in [3.63, 3.8) is 0 Å². The van der Waals surface area contributed by atoms with Crippen LogP contribution in [-0.2, 0) is 0 Å². The fourth-order valence-corrected chi connectivity index (χ4v) is 5.01. The van der Waals surface area contributed by atoms with E-state index < -0.39 is 0 Å². The Balaban J connectivity index is 1.99. The van der Waals surface area contributed by atoms with Gasteiger partial charge in [-0.3, -0.25) is 0 Å². The van der Waals surface area contributed by atoms with Gasteiger partial charge >= 0.3 is 0 Å². The molecule has 0 atom stereocenters. The fourth-order valence-electron chi connectivity index (χ4n) is 2.63. The van der Waals surface area contributed by atoms with Gasteiger partial charge in [-0.15, -0.1) is 11.3 Å². The lowest BCUT2D eigenvalue weighted by atomic mass is 10.0. The van der Waals surface area contributed by atoms with E-state index in [-0.39, 0.29) is 0 Å². The highest BCUT2D eigenvalue weighted by atomic mass is 79.9. The summed E-state index contributed by atoms with van der Waals surface area (Å²) < 4.78 is 4.86. The van der Waals surface area contributed by atoms with Crippen molar-refractivity contribution in [3.05, 3.63) is 69.6 Å². The molecule has 0 aliphatic carbocycles. The summed E-state index contributed by atoms with van der Waals surface area (Å²) >= 11 is 8.98. The number of halogens is 2. The molecule has 1 heterocycles. The molecule has 0 fully saturated rings. The number of benzene rings is 3. The summed E-state index contributed by atoms with van der Waals surface area (Å²) in [6.45, 7) is 0. The van der Waals surface area contributed by atoms with E-state index in [0.717, 1.165) is 8.95 Å². The Kier molecular flexibility index (Phi) is 3.37. The smallest absolute Gasteiger partial charge is 0.0355 e. The van der Waals surface area contributed by atoms with Crippen LogP contribution in [0, 0.1) is 0 Å². The Morgan fingerprint density at radius 2 is 1.33 bits per heavy atom. The van der Waals surface area contributed by atoms with Crippen molar-refractivity contribution in [2.24, 2.45) is 0 Å². The van der Waals surface area contributed by atoms with Crippen LogP contribution in [0.4, 0.5) is 0 Å². The molecule has 0 radical (unpaired) electrons. The first-order chi connectivity index (χ1) is 10.2. The van der Waals surface area contributed by atoms with Crippen LogP contribution in [0.3, 0.4) is 0 Å². The van der Waals surface area contributed by atoms with Crippen LogP contribution >= 0.6 is 43.2 Å². The highest BCUT2D eigenvalue weighted by Crippen LogP contribution is 2.37. The maximum Gasteiger partial charge on any atom is 0.0355 e. The number of hydrogen-bond acceptors (Lipinski definition) is 1. The van der Waals surface area contributed by atoms with E-state index in [1.807, 2.05) is 11.3 Å². The zero-order valence-electron chi connectivity index (χ0n) is 10.9. The topological polar surface area (TPSA) is 0 Å². The summed E-state index contributed by atoms with van der Waals surface area (Å²) in [4.78, 5) is 0. The first kappa shape index (κ1) is 13.5. The second-order valence-electron chi connectivity index (χ2n) is 4.97. The molecule has 4 aromatic rings. The van der Waals surface area contributed by atoms with Crippen LogP contribution < -0.4 is 0 Å². The zero-order valence-corrected chi connectivity index (χ0v) is 14.9. The largest absolute Gasteiger partial charge is 0.135 e. The molecule has 1 aromatic heterocycles. The average Bonchev–Trinajstić information content (AvgIpc) is 2.84. The SMILES string of the molecule is Brc1cc(Br)cc(-c2ccc3sc4ccccc4c3c2)c1. The molecule has 0 bridgehead atoms. The quantitative estimate of drug-likeness (QED) is 0.306. The van der Waals surface area contributed by atoms with Crippen LogP contribution in [0.15, 0.2) is 69.6 Å². The maximum atomic E-state index is 3.56. The minimum absolute atomic E-state index is 1.09. The van der Waals surface area contributed by atoms with E-state index in [0.29, 0.717) is 0 Å². The molecule has 3 aromatic carbocycles. The van der Waals surface area contributed by atoms with Gasteiger partial charge in [-0.05, 0) is 47.5 Å². The van der Waals surface area contributed by atoms with Crippen LogP contribution in [0.25, 0.3) is 31.3 Å². The van der Waals surface area contributed by atoms with E-state index in [9.17, 15) is 0 Å². The van der Waals surface area contributed by atoms with Gasteiger partial charge in [0.15, 0.2) is 0 Å². The van der Waals surface area contributed by atoms with Crippen molar-refractivity contribution in [2.75, 3.05) is 0 Å². The number of thiophene rings is 1. The second-order valence-corrected chi connectivity index (χ2v) is 7.88. The van der Waals surface area contributed by atoms with E-state index in [2.05, 4.69) is 92.5 Å². The molecule has 0 saturated carbocycles. The van der Waals surface area contributed by atoms with Gasteiger partial charge in [-0.25, -0.2) is 0 Å². The third-order valence-electron chi connectivity index (χ3n) is 3.57. The second kappa shape index (κ2) is 5.24. The molecule has 4 rings (SSSR count). The van der Waals surface area contributed by atoms with Crippen LogP contribution in [0.1, 0.15) is 0 Å². The third kappa shape index (κ3) is 2.44. The molecule has 0 unspecified atom stereocenters. The molecule has 0 saturated heterocycles. The van der Waals surface area contributed by atoms with Crippen molar-refractivity contribution < 1.29 is 0 Å². The molecule has 102 valence electrons. The number of hydrogen-bond donors (Lipinski definition) is 0. The monoisotopic (exact) mass is 416 g/mol. The third-order valence-corrected chi connectivity index (χ3v) is 5.64. The molecular formula is C18H10Br2S.